The lowest BCUT2D eigenvalue weighted by Crippen LogP contribution is -2.30. The molecule has 0 saturated carbocycles. The molecule has 0 fully saturated rings. The molecular weight excluding hydrogens is 376 g/mol. The van der Waals surface area contributed by atoms with Crippen LogP contribution in [0.1, 0.15) is 35.9 Å². The Kier molecular flexibility index (Phi) is 5.53. The largest absolute Gasteiger partial charge is 0.447 e. The smallest absolute Gasteiger partial charge is 0.379 e. The molecule has 29 heavy (non-hydrogen) atoms. The third-order valence-electron chi connectivity index (χ3n) is 3.93. The van der Waals surface area contributed by atoms with Crippen LogP contribution in [0.25, 0.3) is 5.78 Å². The summed E-state index contributed by atoms with van der Waals surface area (Å²) in [6.07, 6.45) is -1.07. The number of amides is 2. The van der Waals surface area contributed by atoms with E-state index in [0.717, 1.165) is 11.4 Å². The maximum Gasteiger partial charge on any atom is 0.379 e. The van der Waals surface area contributed by atoms with Crippen LogP contribution < -0.4 is 10.6 Å². The maximum absolute atomic E-state index is 12.3. The number of nitrogens with zero attached hydrogens (tertiary/aromatic N) is 4. The molecule has 2 heterocycles. The van der Waals surface area contributed by atoms with Crippen LogP contribution in [0.4, 0.5) is 11.4 Å². The van der Waals surface area contributed by atoms with E-state index in [4.69, 9.17) is 4.74 Å². The number of hydrogen-bond donors (Lipinski definition) is 2. The van der Waals surface area contributed by atoms with Crippen LogP contribution in [0.15, 0.2) is 30.3 Å². The van der Waals surface area contributed by atoms with Gasteiger partial charge in [0.1, 0.15) is 0 Å². The number of aromatic nitrogens is 4. The molecule has 150 valence electrons. The van der Waals surface area contributed by atoms with E-state index >= 15 is 0 Å². The monoisotopic (exact) mass is 396 g/mol. The molecule has 10 nitrogen and oxygen atoms in total. The van der Waals surface area contributed by atoms with Crippen molar-refractivity contribution in [3.05, 3.63) is 47.5 Å². The second-order valence-corrected chi connectivity index (χ2v) is 6.48. The molecule has 0 aliphatic heterocycles. The van der Waals surface area contributed by atoms with Crippen LogP contribution in [0.5, 0.6) is 0 Å². The third kappa shape index (κ3) is 4.72. The lowest BCUT2D eigenvalue weighted by atomic mass is 10.2. The molecule has 3 aromatic rings. The summed E-state index contributed by atoms with van der Waals surface area (Å²) in [5, 5.41) is 9.35. The van der Waals surface area contributed by atoms with Crippen molar-refractivity contribution in [2.24, 2.45) is 0 Å². The van der Waals surface area contributed by atoms with Crippen molar-refractivity contribution in [2.75, 3.05) is 10.6 Å². The van der Waals surface area contributed by atoms with Crippen molar-refractivity contribution in [2.45, 2.75) is 33.8 Å². The Labute approximate surface area is 166 Å². The molecule has 0 unspecified atom stereocenters. The number of fused-ring (bicyclic) bond motifs is 1. The summed E-state index contributed by atoms with van der Waals surface area (Å²) >= 11 is 0. The van der Waals surface area contributed by atoms with E-state index in [1.807, 2.05) is 19.9 Å². The van der Waals surface area contributed by atoms with Crippen molar-refractivity contribution >= 4 is 34.9 Å². The summed E-state index contributed by atoms with van der Waals surface area (Å²) in [5.74, 6) is -1.42. The van der Waals surface area contributed by atoms with Gasteiger partial charge in [0.05, 0.1) is 0 Å². The molecule has 3 rings (SSSR count). The van der Waals surface area contributed by atoms with Gasteiger partial charge >= 0.3 is 5.97 Å². The SMILES string of the molecule is CC(=O)Nc1ccc(NC(=O)[C@H](C)OC(=O)c2nc3nc(C)cc(C)n3n2)cc1. The number of ether oxygens (including phenoxy) is 1. The Morgan fingerprint density at radius 1 is 1.03 bits per heavy atom. The minimum Gasteiger partial charge on any atom is -0.447 e. The fourth-order valence-corrected chi connectivity index (χ4v) is 2.60. The first kappa shape index (κ1) is 19.9. The summed E-state index contributed by atoms with van der Waals surface area (Å²) in [7, 11) is 0. The molecule has 1 aromatic carbocycles. The molecule has 0 aliphatic rings. The normalized spacial score (nSPS) is 11.7. The van der Waals surface area contributed by atoms with Crippen molar-refractivity contribution in [1.82, 2.24) is 19.6 Å². The zero-order valence-electron chi connectivity index (χ0n) is 16.4. The summed E-state index contributed by atoms with van der Waals surface area (Å²) in [6.45, 7) is 6.48. The van der Waals surface area contributed by atoms with Gasteiger partial charge in [0.2, 0.25) is 5.91 Å². The van der Waals surface area contributed by atoms with Gasteiger partial charge in [-0.25, -0.2) is 14.3 Å². The van der Waals surface area contributed by atoms with E-state index < -0.39 is 18.0 Å². The average molecular weight is 396 g/mol. The van der Waals surface area contributed by atoms with Gasteiger partial charge in [-0.1, -0.05) is 0 Å². The first-order chi connectivity index (χ1) is 13.7. The minimum absolute atomic E-state index is 0.175. The molecule has 2 amide bonds. The van der Waals surface area contributed by atoms with Crippen molar-refractivity contribution in [3.8, 4) is 0 Å². The number of hydrogen-bond acceptors (Lipinski definition) is 7. The first-order valence-corrected chi connectivity index (χ1v) is 8.83. The molecule has 0 spiro atoms. The summed E-state index contributed by atoms with van der Waals surface area (Å²) in [6, 6.07) is 8.34. The lowest BCUT2D eigenvalue weighted by Gasteiger charge is -2.12. The predicted octanol–water partition coefficient (Wildman–Crippen LogP) is 1.88. The maximum atomic E-state index is 12.3. The zero-order valence-corrected chi connectivity index (χ0v) is 16.4. The second-order valence-electron chi connectivity index (χ2n) is 6.48. The molecule has 0 saturated heterocycles. The number of carbonyl (C=O) groups excluding carboxylic acids is 3. The number of aryl methyl sites for hydroxylation is 2. The van der Waals surface area contributed by atoms with Gasteiger partial charge in [-0.2, -0.15) is 4.98 Å². The van der Waals surface area contributed by atoms with Crippen LogP contribution in [-0.2, 0) is 14.3 Å². The average Bonchev–Trinajstić information content (AvgIpc) is 3.07. The molecule has 0 bridgehead atoms. The van der Waals surface area contributed by atoms with E-state index in [1.165, 1.54) is 18.4 Å². The summed E-state index contributed by atoms with van der Waals surface area (Å²) < 4.78 is 6.61. The number of anilines is 2. The van der Waals surface area contributed by atoms with Gasteiger partial charge in [0.25, 0.3) is 17.5 Å². The van der Waals surface area contributed by atoms with Crippen molar-refractivity contribution in [3.63, 3.8) is 0 Å². The van der Waals surface area contributed by atoms with Crippen LogP contribution >= 0.6 is 0 Å². The van der Waals surface area contributed by atoms with Gasteiger partial charge in [-0.05, 0) is 51.1 Å². The van der Waals surface area contributed by atoms with Crippen LogP contribution in [-0.4, -0.2) is 43.5 Å². The molecule has 0 radical (unpaired) electrons. The predicted molar refractivity (Wildman–Crippen MR) is 105 cm³/mol. The molecule has 0 aliphatic carbocycles. The second kappa shape index (κ2) is 8.05. The Morgan fingerprint density at radius 2 is 1.66 bits per heavy atom. The standard InChI is InChI=1S/C19H20N6O4/c1-10-9-11(2)25-19(20-10)23-16(24-25)18(28)29-12(3)17(27)22-15-7-5-14(6-8-15)21-13(4)26/h5-9,12H,1-4H3,(H,21,26)(H,22,27)/t12-/m0/s1. The molecule has 10 heteroatoms. The van der Waals surface area contributed by atoms with E-state index in [0.29, 0.717) is 11.4 Å². The summed E-state index contributed by atoms with van der Waals surface area (Å²) in [4.78, 5) is 43.9. The minimum atomic E-state index is -1.07. The molecule has 1 atom stereocenters. The number of benzene rings is 1. The molecule has 2 aromatic heterocycles. The highest BCUT2D eigenvalue weighted by Crippen LogP contribution is 2.14. The van der Waals surface area contributed by atoms with Crippen LogP contribution in [0, 0.1) is 13.8 Å². The number of rotatable bonds is 5. The Bertz CT molecular complexity index is 1090. The zero-order chi connectivity index (χ0) is 21.1. The fourth-order valence-electron chi connectivity index (χ4n) is 2.60. The van der Waals surface area contributed by atoms with Crippen LogP contribution in [0.2, 0.25) is 0 Å². The number of nitrogens with one attached hydrogen (secondary N) is 2. The molecule has 2 N–H and O–H groups in total. The third-order valence-corrected chi connectivity index (χ3v) is 3.93. The van der Waals surface area contributed by atoms with E-state index in [-0.39, 0.29) is 17.5 Å². The van der Waals surface area contributed by atoms with Crippen molar-refractivity contribution < 1.29 is 19.1 Å². The van der Waals surface area contributed by atoms with Gasteiger partial charge in [-0.3, -0.25) is 9.59 Å². The first-order valence-electron chi connectivity index (χ1n) is 8.83. The Balaban J connectivity index is 1.64. The quantitative estimate of drug-likeness (QED) is 0.630. The van der Waals surface area contributed by atoms with Gasteiger partial charge in [0, 0.05) is 29.7 Å². The van der Waals surface area contributed by atoms with E-state index in [2.05, 4.69) is 25.7 Å². The van der Waals surface area contributed by atoms with E-state index in [9.17, 15) is 14.4 Å². The lowest BCUT2D eigenvalue weighted by molar-refractivity contribution is -0.123. The number of esters is 1. The highest BCUT2D eigenvalue weighted by Gasteiger charge is 2.23. The van der Waals surface area contributed by atoms with Crippen molar-refractivity contribution in [1.29, 1.82) is 0 Å². The highest BCUT2D eigenvalue weighted by molar-refractivity contribution is 5.97. The fraction of sp³-hybridized carbons (Fsp3) is 0.263. The van der Waals surface area contributed by atoms with Gasteiger partial charge < -0.3 is 15.4 Å². The van der Waals surface area contributed by atoms with Gasteiger partial charge in [-0.15, -0.1) is 5.10 Å². The molecular formula is C19H20N6O4. The summed E-state index contributed by atoms with van der Waals surface area (Å²) in [5.41, 5.74) is 2.62. The van der Waals surface area contributed by atoms with E-state index in [1.54, 1.807) is 24.3 Å². The topological polar surface area (TPSA) is 128 Å². The Morgan fingerprint density at radius 3 is 2.28 bits per heavy atom. The number of carbonyl (C=O) groups is 3. The van der Waals surface area contributed by atoms with Crippen LogP contribution in [0.3, 0.4) is 0 Å². The van der Waals surface area contributed by atoms with Gasteiger partial charge in [0.15, 0.2) is 6.10 Å². The Hall–Kier alpha value is -3.82. The highest BCUT2D eigenvalue weighted by atomic mass is 16.5.